The van der Waals surface area contributed by atoms with Gasteiger partial charge in [0.2, 0.25) is 0 Å². The molecule has 1 rings (SSSR count). The third-order valence-electron chi connectivity index (χ3n) is 4.89. The number of carboxylic acids is 1. The van der Waals surface area contributed by atoms with Crippen LogP contribution in [-0.4, -0.2) is 46.5 Å². The Hall–Kier alpha value is -1.06. The molecule has 0 saturated carbocycles. The second-order valence-electron chi connectivity index (χ2n) is 6.81. The Morgan fingerprint density at radius 1 is 1.04 bits per heavy atom. The average Bonchev–Trinajstić information content (AvgIpc) is 2.53. The summed E-state index contributed by atoms with van der Waals surface area (Å²) in [5, 5.41) is 12.0. The lowest BCUT2D eigenvalue weighted by Gasteiger charge is -2.35. The van der Waals surface area contributed by atoms with Crippen LogP contribution >= 0.6 is 0 Å². The zero-order valence-corrected chi connectivity index (χ0v) is 15.6. The molecule has 0 radical (unpaired) electrons. The molecule has 0 saturated heterocycles. The van der Waals surface area contributed by atoms with Crippen LogP contribution in [0.1, 0.15) is 85.5 Å². The second kappa shape index (κ2) is 10.7. The van der Waals surface area contributed by atoms with Gasteiger partial charge in [-0.2, -0.15) is 0 Å². The third kappa shape index (κ3) is 5.50. The van der Waals surface area contributed by atoms with Gasteiger partial charge in [-0.25, -0.2) is 0 Å². The van der Waals surface area contributed by atoms with Crippen LogP contribution in [0.5, 0.6) is 0 Å². The van der Waals surface area contributed by atoms with Gasteiger partial charge in [0.1, 0.15) is 0 Å². The lowest BCUT2D eigenvalue weighted by Crippen LogP contribution is -2.58. The first-order valence-corrected chi connectivity index (χ1v) is 9.72. The minimum Gasteiger partial charge on any atom is -0.538 e. The Balaban J connectivity index is 3.19. The van der Waals surface area contributed by atoms with Crippen molar-refractivity contribution >= 4 is 11.8 Å². The van der Waals surface area contributed by atoms with E-state index in [4.69, 9.17) is 0 Å². The van der Waals surface area contributed by atoms with Gasteiger partial charge in [0.05, 0.1) is 25.2 Å². The Kier molecular flexibility index (Phi) is 9.27. The molecule has 1 heterocycles. The van der Waals surface area contributed by atoms with Gasteiger partial charge in [-0.05, 0) is 25.7 Å². The molecule has 0 aromatic heterocycles. The summed E-state index contributed by atoms with van der Waals surface area (Å²) in [5.41, 5.74) is 0. The van der Waals surface area contributed by atoms with Crippen LogP contribution in [0.25, 0.3) is 0 Å². The van der Waals surface area contributed by atoms with Crippen molar-refractivity contribution in [3.8, 4) is 0 Å². The van der Waals surface area contributed by atoms with Crippen molar-refractivity contribution in [3.63, 3.8) is 0 Å². The van der Waals surface area contributed by atoms with Crippen molar-refractivity contribution in [1.29, 1.82) is 0 Å². The van der Waals surface area contributed by atoms with Gasteiger partial charge >= 0.3 is 0 Å². The Morgan fingerprint density at radius 3 is 2.00 bits per heavy atom. The molecule has 1 aliphatic rings. The summed E-state index contributed by atoms with van der Waals surface area (Å²) in [6.45, 7) is 10.4. The average molecular weight is 325 g/mol. The summed E-state index contributed by atoms with van der Waals surface area (Å²) in [7, 11) is 0. The molecule has 23 heavy (non-hydrogen) atoms. The smallest absolute Gasteiger partial charge is 0.295 e. The fourth-order valence-corrected chi connectivity index (χ4v) is 3.98. The van der Waals surface area contributed by atoms with E-state index in [0.29, 0.717) is 17.9 Å². The first-order chi connectivity index (χ1) is 11.1. The Labute approximate surface area is 142 Å². The zero-order valence-electron chi connectivity index (χ0n) is 15.6. The van der Waals surface area contributed by atoms with Crippen molar-refractivity contribution < 1.29 is 14.5 Å². The van der Waals surface area contributed by atoms with Crippen LogP contribution in [-0.2, 0) is 4.79 Å². The Morgan fingerprint density at radius 2 is 1.57 bits per heavy atom. The fraction of sp³-hybridized carbons (Fsp3) is 0.895. The minimum atomic E-state index is -0.987. The molecular formula is C19H36N2O2. The lowest BCUT2D eigenvalue weighted by atomic mass is 10.0. The monoisotopic (exact) mass is 324 g/mol. The van der Waals surface area contributed by atoms with Gasteiger partial charge in [0, 0.05) is 6.42 Å². The first-order valence-electron chi connectivity index (χ1n) is 9.72. The number of hydrogen-bond donors (Lipinski definition) is 0. The largest absolute Gasteiger partial charge is 0.538 e. The van der Waals surface area contributed by atoms with Gasteiger partial charge in [-0.3, -0.25) is 9.48 Å². The highest BCUT2D eigenvalue weighted by Crippen LogP contribution is 2.20. The molecule has 0 atom stereocenters. The van der Waals surface area contributed by atoms with E-state index in [1.54, 1.807) is 0 Å². The van der Waals surface area contributed by atoms with Crippen molar-refractivity contribution in [1.82, 2.24) is 4.90 Å². The maximum Gasteiger partial charge on any atom is 0.295 e. The molecule has 4 heteroatoms. The van der Waals surface area contributed by atoms with E-state index < -0.39 is 5.97 Å². The molecule has 0 fully saturated rings. The van der Waals surface area contributed by atoms with E-state index in [0.717, 1.165) is 70.9 Å². The molecule has 1 aliphatic heterocycles. The SMILES string of the molecule is CCCC(CCC)N1CCC[N+](C(CCC)CCC)=C1C(=O)[O-]. The molecule has 0 unspecified atom stereocenters. The van der Waals surface area contributed by atoms with Crippen LogP contribution < -0.4 is 5.11 Å². The summed E-state index contributed by atoms with van der Waals surface area (Å²) in [4.78, 5) is 14.1. The van der Waals surface area contributed by atoms with Crippen molar-refractivity contribution in [3.05, 3.63) is 0 Å². The van der Waals surface area contributed by atoms with Crippen LogP contribution in [0, 0.1) is 0 Å². The molecule has 134 valence electrons. The van der Waals surface area contributed by atoms with Crippen LogP contribution in [0.4, 0.5) is 0 Å². The maximum absolute atomic E-state index is 12.0. The molecule has 0 amide bonds. The van der Waals surface area contributed by atoms with E-state index >= 15 is 0 Å². The highest BCUT2D eigenvalue weighted by Gasteiger charge is 2.36. The molecule has 0 spiro atoms. The van der Waals surface area contributed by atoms with Crippen LogP contribution in [0.2, 0.25) is 0 Å². The number of aliphatic carboxylic acids is 1. The number of amidine groups is 1. The molecule has 4 nitrogen and oxygen atoms in total. The highest BCUT2D eigenvalue weighted by atomic mass is 16.4. The normalized spacial score (nSPS) is 15.8. The van der Waals surface area contributed by atoms with Crippen LogP contribution in [0.3, 0.4) is 0 Å². The molecule has 0 aromatic carbocycles. The fourth-order valence-electron chi connectivity index (χ4n) is 3.98. The molecule has 0 aromatic rings. The van der Waals surface area contributed by atoms with E-state index in [1.807, 2.05) is 0 Å². The van der Waals surface area contributed by atoms with Crippen LogP contribution in [0.15, 0.2) is 0 Å². The third-order valence-corrected chi connectivity index (χ3v) is 4.89. The Bertz CT molecular complexity index is 381. The van der Waals surface area contributed by atoms with E-state index in [-0.39, 0.29) is 0 Å². The topological polar surface area (TPSA) is 46.4 Å². The van der Waals surface area contributed by atoms with E-state index in [1.165, 1.54) is 0 Å². The quantitative estimate of drug-likeness (QED) is 0.549. The minimum absolute atomic E-state index is 0.338. The van der Waals surface area contributed by atoms with Gasteiger partial charge in [-0.15, -0.1) is 0 Å². The number of rotatable bonds is 11. The van der Waals surface area contributed by atoms with Gasteiger partial charge in [-0.1, -0.05) is 53.4 Å². The number of nitrogens with zero attached hydrogens (tertiary/aromatic N) is 2. The molecule has 0 N–H and O–H groups in total. The van der Waals surface area contributed by atoms with E-state index in [9.17, 15) is 9.90 Å². The summed E-state index contributed by atoms with van der Waals surface area (Å²) < 4.78 is 2.16. The second-order valence-corrected chi connectivity index (χ2v) is 6.81. The standard InChI is InChI=1S/C19H36N2O2/c1-5-10-16(11-6-2)20-14-9-15-21(18(20)19(22)23)17(12-7-3)13-8-4/h16-17H,5-15H2,1-4H3. The van der Waals surface area contributed by atoms with Crippen molar-refractivity contribution in [2.75, 3.05) is 13.1 Å². The molecule has 0 aliphatic carbocycles. The van der Waals surface area contributed by atoms with Gasteiger partial charge in [0.15, 0.2) is 5.97 Å². The predicted molar refractivity (Wildman–Crippen MR) is 93.7 cm³/mol. The highest BCUT2D eigenvalue weighted by molar-refractivity contribution is 6.31. The summed E-state index contributed by atoms with van der Waals surface area (Å²) in [6.07, 6.45) is 9.66. The number of carbonyl (C=O) groups is 1. The number of hydrogen-bond acceptors (Lipinski definition) is 3. The lowest BCUT2D eigenvalue weighted by molar-refractivity contribution is -0.578. The van der Waals surface area contributed by atoms with E-state index in [2.05, 4.69) is 37.2 Å². The first kappa shape index (κ1) is 20.0. The van der Waals surface area contributed by atoms with Crippen molar-refractivity contribution in [2.24, 2.45) is 0 Å². The zero-order chi connectivity index (χ0) is 17.2. The summed E-state index contributed by atoms with van der Waals surface area (Å²) in [6, 6.07) is 0.675. The maximum atomic E-state index is 12.0. The number of carbonyl (C=O) groups excluding carboxylic acids is 1. The predicted octanol–water partition coefficient (Wildman–Crippen LogP) is 2.79. The van der Waals surface area contributed by atoms with Crippen molar-refractivity contribution in [2.45, 2.75) is 97.6 Å². The molecular weight excluding hydrogens is 288 g/mol. The summed E-state index contributed by atoms with van der Waals surface area (Å²) >= 11 is 0. The van der Waals surface area contributed by atoms with Gasteiger partial charge in [0.25, 0.3) is 5.84 Å². The number of carboxylic acid groups (broad SMARTS) is 1. The summed E-state index contributed by atoms with van der Waals surface area (Å²) in [5.74, 6) is -0.519. The molecule has 0 bridgehead atoms. The van der Waals surface area contributed by atoms with Gasteiger partial charge < -0.3 is 9.90 Å².